The van der Waals surface area contributed by atoms with Crippen LogP contribution in [0.3, 0.4) is 0 Å². The molecule has 0 radical (unpaired) electrons. The number of hydrogen-bond donors (Lipinski definition) is 1. The van der Waals surface area contributed by atoms with Gasteiger partial charge in [0.1, 0.15) is 6.10 Å². The lowest BCUT2D eigenvalue weighted by molar-refractivity contribution is -0.164. The number of carbonyl (C=O) groups excluding carboxylic acids is 2. The number of carbonyl (C=O) groups is 2. The Hall–Kier alpha value is -1.23. The molecule has 7 atom stereocenters. The third kappa shape index (κ3) is 12.5. The molecule has 0 spiro atoms. The topological polar surface area (TPSA) is 73.9 Å². The summed E-state index contributed by atoms with van der Waals surface area (Å²) in [5.41, 5.74) is 0.819. The van der Waals surface area contributed by atoms with E-state index < -0.39 is 22.0 Å². The molecule has 1 amide bonds. The van der Waals surface area contributed by atoms with Crippen molar-refractivity contribution in [2.45, 2.75) is 189 Å². The summed E-state index contributed by atoms with van der Waals surface area (Å²) in [4.78, 5) is 26.7. The van der Waals surface area contributed by atoms with Crippen molar-refractivity contribution in [3.05, 3.63) is 23.8 Å². The van der Waals surface area contributed by atoms with Gasteiger partial charge in [-0.15, -0.1) is 0 Å². The van der Waals surface area contributed by atoms with Crippen LogP contribution in [0.4, 0.5) is 0 Å². The zero-order chi connectivity index (χ0) is 37.6. The fourth-order valence-electron chi connectivity index (χ4n) is 6.60. The van der Waals surface area contributed by atoms with Gasteiger partial charge in [0.15, 0.2) is 16.6 Å². The highest BCUT2D eigenvalue weighted by atomic mass is 28.4. The average molecular weight is 720 g/mol. The number of hydrogen-bond acceptors (Lipinski definition) is 5. The van der Waals surface area contributed by atoms with Crippen LogP contribution < -0.4 is 5.32 Å². The Kier molecular flexibility index (Phi) is 15.7. The zero-order valence-electron chi connectivity index (χ0n) is 34.7. The maximum Gasteiger partial charge on any atom is 0.311 e. The molecule has 0 aromatic carbocycles. The van der Waals surface area contributed by atoms with Crippen molar-refractivity contribution in [1.82, 2.24) is 5.32 Å². The molecule has 1 N–H and O–H groups in total. The van der Waals surface area contributed by atoms with Crippen molar-refractivity contribution in [2.75, 3.05) is 6.54 Å². The van der Waals surface area contributed by atoms with E-state index in [1.54, 1.807) is 0 Å². The van der Waals surface area contributed by atoms with Crippen LogP contribution in [-0.2, 0) is 23.2 Å². The fraction of sp³-hybridized carbons (Fsp3) is 0.854. The van der Waals surface area contributed by atoms with Gasteiger partial charge in [-0.25, -0.2) is 0 Å². The van der Waals surface area contributed by atoms with Crippen molar-refractivity contribution in [3.8, 4) is 0 Å². The van der Waals surface area contributed by atoms with Crippen LogP contribution in [0.5, 0.6) is 0 Å². The highest BCUT2D eigenvalue weighted by Gasteiger charge is 2.45. The number of rotatable bonds is 17. The lowest BCUT2D eigenvalue weighted by atomic mass is 9.65. The smallest absolute Gasteiger partial charge is 0.311 e. The second kappa shape index (κ2) is 17.5. The Labute approximate surface area is 304 Å². The van der Waals surface area contributed by atoms with E-state index in [1.807, 2.05) is 13.8 Å². The highest BCUT2D eigenvalue weighted by molar-refractivity contribution is 6.74. The molecular weight excluding hydrogens is 643 g/mol. The Morgan fingerprint density at radius 3 is 2.02 bits per heavy atom. The first-order valence-corrected chi connectivity index (χ1v) is 25.4. The zero-order valence-corrected chi connectivity index (χ0v) is 36.7. The minimum Gasteiger partial charge on any atom is -0.461 e. The molecule has 49 heavy (non-hydrogen) atoms. The first-order chi connectivity index (χ1) is 22.3. The Bertz CT molecular complexity index is 1150. The van der Waals surface area contributed by atoms with E-state index in [0.29, 0.717) is 37.1 Å². The fourth-order valence-corrected chi connectivity index (χ4v) is 9.37. The predicted molar refractivity (Wildman–Crippen MR) is 212 cm³/mol. The molecule has 0 aromatic rings. The summed E-state index contributed by atoms with van der Waals surface area (Å²) in [6, 6.07) is 0. The third-order valence-corrected chi connectivity index (χ3v) is 21.5. The SMILES string of the molecule is CCCCNC(=O)C[C@@H](C[C@@H](CC[C@@H]1[C@@H]2C(=C[C@H](C)C[C@@H]2OC(=O)C(C)(C)CC)C=C[C@@H]1C)O[Si](C)(C)C(C)(C)C)O[Si](C)(C)C(C)(C)C. The summed E-state index contributed by atoms with van der Waals surface area (Å²) in [5, 5.41) is 3.24. The second-order valence-corrected chi connectivity index (χ2v) is 28.7. The minimum absolute atomic E-state index is 0.0310. The van der Waals surface area contributed by atoms with Gasteiger partial charge < -0.3 is 18.9 Å². The Balaban J connectivity index is 2.46. The van der Waals surface area contributed by atoms with Crippen LogP contribution in [-0.4, -0.2) is 53.4 Å². The molecule has 0 heterocycles. The summed E-state index contributed by atoms with van der Waals surface area (Å²) in [5.74, 6) is 1.20. The van der Waals surface area contributed by atoms with Gasteiger partial charge in [0, 0.05) is 18.6 Å². The van der Waals surface area contributed by atoms with E-state index in [9.17, 15) is 9.59 Å². The molecule has 2 rings (SSSR count). The molecule has 0 aliphatic heterocycles. The lowest BCUT2D eigenvalue weighted by Crippen LogP contribution is -2.48. The molecule has 284 valence electrons. The summed E-state index contributed by atoms with van der Waals surface area (Å²) < 4.78 is 20.8. The van der Waals surface area contributed by atoms with Crippen molar-refractivity contribution in [3.63, 3.8) is 0 Å². The lowest BCUT2D eigenvalue weighted by Gasteiger charge is -2.45. The van der Waals surface area contributed by atoms with Crippen LogP contribution in [0, 0.1) is 29.1 Å². The summed E-state index contributed by atoms with van der Waals surface area (Å²) in [6.07, 6.45) is 13.2. The molecule has 0 fully saturated rings. The number of amides is 1. The van der Waals surface area contributed by atoms with Gasteiger partial charge in [0.25, 0.3) is 0 Å². The molecule has 2 aliphatic carbocycles. The van der Waals surface area contributed by atoms with Crippen molar-refractivity contribution in [2.24, 2.45) is 29.1 Å². The number of allylic oxidation sites excluding steroid dienone is 3. The molecule has 0 saturated carbocycles. The van der Waals surface area contributed by atoms with Crippen molar-refractivity contribution >= 4 is 28.5 Å². The maximum absolute atomic E-state index is 13.4. The van der Waals surface area contributed by atoms with E-state index in [2.05, 4.69) is 119 Å². The summed E-state index contributed by atoms with van der Waals surface area (Å²) >= 11 is 0. The quantitative estimate of drug-likeness (QED) is 0.0920. The van der Waals surface area contributed by atoms with Gasteiger partial charge in [-0.3, -0.25) is 9.59 Å². The standard InChI is InChI=1S/C41H77NO5Si2/c1-17-19-24-42-36(43)28-33(47-49(15,16)40(8,9)10)27-32(46-48(13,14)39(5,6)7)22-23-34-30(4)20-21-31-25-29(3)26-35(37(31)34)45-38(44)41(11,12)18-2/h20-21,25,29-30,32-35,37H,17-19,22-24,26-28H2,1-16H3,(H,42,43)/t29-,30-,32+,33+,34-,35-,37-/m0/s1. The molecule has 0 bridgehead atoms. The van der Waals surface area contributed by atoms with Gasteiger partial charge in [0.2, 0.25) is 5.91 Å². The summed E-state index contributed by atoms with van der Waals surface area (Å²) in [6.45, 7) is 36.4. The Morgan fingerprint density at radius 1 is 0.918 bits per heavy atom. The van der Waals surface area contributed by atoms with Crippen molar-refractivity contribution in [1.29, 1.82) is 0 Å². The van der Waals surface area contributed by atoms with Crippen LogP contribution in [0.1, 0.15) is 134 Å². The average Bonchev–Trinajstić information content (AvgIpc) is 2.95. The monoisotopic (exact) mass is 720 g/mol. The second-order valence-electron chi connectivity index (χ2n) is 19.2. The molecule has 6 nitrogen and oxygen atoms in total. The van der Waals surface area contributed by atoms with Gasteiger partial charge in [-0.2, -0.15) is 0 Å². The number of ether oxygens (including phenoxy) is 1. The number of nitrogens with one attached hydrogen (secondary N) is 1. The Morgan fingerprint density at radius 2 is 1.49 bits per heavy atom. The normalized spacial score (nSPS) is 24.9. The minimum atomic E-state index is -2.16. The van der Waals surface area contributed by atoms with Crippen LogP contribution >= 0.6 is 0 Å². The van der Waals surface area contributed by atoms with Gasteiger partial charge in [-0.1, -0.05) is 93.9 Å². The van der Waals surface area contributed by atoms with Gasteiger partial charge >= 0.3 is 5.97 Å². The van der Waals surface area contributed by atoms with E-state index >= 15 is 0 Å². The maximum atomic E-state index is 13.4. The molecule has 8 heteroatoms. The largest absolute Gasteiger partial charge is 0.461 e. The van der Waals surface area contributed by atoms with Gasteiger partial charge in [0.05, 0.1) is 17.9 Å². The molecule has 0 saturated heterocycles. The van der Waals surface area contributed by atoms with E-state index in [4.69, 9.17) is 13.6 Å². The van der Waals surface area contributed by atoms with Crippen molar-refractivity contribution < 1.29 is 23.2 Å². The molecule has 0 unspecified atom stereocenters. The number of esters is 1. The molecule has 0 aromatic heterocycles. The van der Waals surface area contributed by atoms with Gasteiger partial charge in [-0.05, 0) is 112 Å². The van der Waals surface area contributed by atoms with Crippen LogP contribution in [0.15, 0.2) is 23.8 Å². The van der Waals surface area contributed by atoms with E-state index in [-0.39, 0.29) is 46.2 Å². The van der Waals surface area contributed by atoms with Crippen LogP contribution in [0.2, 0.25) is 36.3 Å². The first kappa shape index (κ1) is 43.9. The number of fused-ring (bicyclic) bond motifs is 1. The van der Waals surface area contributed by atoms with E-state index in [0.717, 1.165) is 38.5 Å². The molecule has 2 aliphatic rings. The number of unbranched alkanes of at least 4 members (excludes halogenated alkanes) is 1. The van der Waals surface area contributed by atoms with Crippen LogP contribution in [0.25, 0.3) is 0 Å². The third-order valence-electron chi connectivity index (χ3n) is 12.4. The van der Waals surface area contributed by atoms with E-state index in [1.165, 1.54) is 5.57 Å². The first-order valence-electron chi connectivity index (χ1n) is 19.6. The predicted octanol–water partition coefficient (Wildman–Crippen LogP) is 11.0. The molecular formula is C41H77NO5Si2. The highest BCUT2D eigenvalue weighted by Crippen LogP contribution is 2.47. The summed E-state index contributed by atoms with van der Waals surface area (Å²) in [7, 11) is -4.31.